The van der Waals surface area contributed by atoms with Crippen molar-refractivity contribution >= 4 is 52.2 Å². The molecule has 1 atom stereocenters. The predicted molar refractivity (Wildman–Crippen MR) is 96.1 cm³/mol. The van der Waals surface area contributed by atoms with Crippen molar-refractivity contribution in [3.05, 3.63) is 57.6 Å². The van der Waals surface area contributed by atoms with Crippen LogP contribution in [0.3, 0.4) is 0 Å². The van der Waals surface area contributed by atoms with Crippen LogP contribution in [0, 0.1) is 10.1 Å². The minimum absolute atomic E-state index is 0.0795. The maximum atomic E-state index is 12.2. The number of rotatable bonds is 4. The first-order valence-electron chi connectivity index (χ1n) is 7.24. The summed E-state index contributed by atoms with van der Waals surface area (Å²) >= 11 is 7.26. The summed E-state index contributed by atoms with van der Waals surface area (Å²) in [6.45, 7) is 0. The van der Waals surface area contributed by atoms with Gasteiger partial charge in [-0.2, -0.15) is 0 Å². The quantitative estimate of drug-likeness (QED) is 0.625. The highest BCUT2D eigenvalue weighted by molar-refractivity contribution is 8.01. The van der Waals surface area contributed by atoms with Crippen molar-refractivity contribution in [3.8, 4) is 0 Å². The summed E-state index contributed by atoms with van der Waals surface area (Å²) < 4.78 is 0. The smallest absolute Gasteiger partial charge is 0.271 e. The Morgan fingerprint density at radius 3 is 2.84 bits per heavy atom. The van der Waals surface area contributed by atoms with Crippen LogP contribution >= 0.6 is 23.4 Å². The second-order valence-electron chi connectivity index (χ2n) is 5.27. The van der Waals surface area contributed by atoms with Crippen molar-refractivity contribution in [2.45, 2.75) is 16.6 Å². The Morgan fingerprint density at radius 1 is 1.32 bits per heavy atom. The lowest BCUT2D eigenvalue weighted by Gasteiger charge is -2.23. The SMILES string of the molecule is O=C(CC1Sc2ccccc2NC1=O)Nc1cc([N+](=O)[O-])ccc1Cl. The van der Waals surface area contributed by atoms with Crippen molar-refractivity contribution in [1.29, 1.82) is 0 Å². The average Bonchev–Trinajstić information content (AvgIpc) is 2.57. The van der Waals surface area contributed by atoms with Crippen LogP contribution in [0.5, 0.6) is 0 Å². The van der Waals surface area contributed by atoms with Gasteiger partial charge in [-0.3, -0.25) is 19.7 Å². The molecule has 0 fully saturated rings. The lowest BCUT2D eigenvalue weighted by Crippen LogP contribution is -2.32. The zero-order valence-electron chi connectivity index (χ0n) is 12.7. The molecule has 2 N–H and O–H groups in total. The van der Waals surface area contributed by atoms with E-state index in [1.807, 2.05) is 18.2 Å². The van der Waals surface area contributed by atoms with Gasteiger partial charge >= 0.3 is 0 Å². The monoisotopic (exact) mass is 377 g/mol. The van der Waals surface area contributed by atoms with E-state index in [1.54, 1.807) is 6.07 Å². The van der Waals surface area contributed by atoms with E-state index in [9.17, 15) is 19.7 Å². The summed E-state index contributed by atoms with van der Waals surface area (Å²) in [5.41, 5.74) is 0.678. The number of thioether (sulfide) groups is 1. The standard InChI is InChI=1S/C16H12ClN3O4S/c17-10-6-5-9(20(23)24)7-12(10)18-15(21)8-14-16(22)19-11-3-1-2-4-13(11)25-14/h1-7,14H,8H2,(H,18,21)(H,19,22). The first-order chi connectivity index (χ1) is 11.9. The zero-order chi connectivity index (χ0) is 18.0. The number of benzene rings is 2. The molecule has 0 bridgehead atoms. The topological polar surface area (TPSA) is 101 Å². The minimum Gasteiger partial charge on any atom is -0.325 e. The molecule has 0 aliphatic carbocycles. The maximum Gasteiger partial charge on any atom is 0.271 e. The van der Waals surface area contributed by atoms with Crippen LogP contribution in [0.2, 0.25) is 5.02 Å². The van der Waals surface area contributed by atoms with Crippen LogP contribution in [-0.4, -0.2) is 22.0 Å². The van der Waals surface area contributed by atoms with Crippen molar-refractivity contribution in [3.63, 3.8) is 0 Å². The van der Waals surface area contributed by atoms with E-state index in [0.717, 1.165) is 10.6 Å². The molecule has 7 nitrogen and oxygen atoms in total. The molecule has 1 heterocycles. The van der Waals surface area contributed by atoms with Crippen molar-refractivity contribution < 1.29 is 14.5 Å². The largest absolute Gasteiger partial charge is 0.325 e. The van der Waals surface area contributed by atoms with Gasteiger partial charge in [-0.25, -0.2) is 0 Å². The highest BCUT2D eigenvalue weighted by Crippen LogP contribution is 2.37. The number of hydrogen-bond donors (Lipinski definition) is 2. The number of nitro groups is 1. The first-order valence-corrected chi connectivity index (χ1v) is 8.50. The van der Waals surface area contributed by atoms with Crippen LogP contribution in [0.1, 0.15) is 6.42 Å². The fourth-order valence-corrected chi connectivity index (χ4v) is 3.59. The molecule has 0 saturated carbocycles. The number of nitrogens with zero attached hydrogens (tertiary/aromatic N) is 1. The van der Waals surface area contributed by atoms with Gasteiger partial charge in [-0.1, -0.05) is 23.7 Å². The Kier molecular flexibility index (Phi) is 4.91. The fraction of sp³-hybridized carbons (Fsp3) is 0.125. The number of hydrogen-bond acceptors (Lipinski definition) is 5. The molecule has 0 spiro atoms. The van der Waals surface area contributed by atoms with Crippen LogP contribution < -0.4 is 10.6 Å². The Morgan fingerprint density at radius 2 is 2.08 bits per heavy atom. The third-order valence-electron chi connectivity index (χ3n) is 3.51. The third kappa shape index (κ3) is 3.92. The molecule has 3 rings (SSSR count). The third-order valence-corrected chi connectivity index (χ3v) is 5.12. The van der Waals surface area contributed by atoms with E-state index in [-0.39, 0.29) is 28.7 Å². The predicted octanol–water partition coefficient (Wildman–Crippen LogP) is 3.69. The summed E-state index contributed by atoms with van der Waals surface area (Å²) in [4.78, 5) is 35.5. The number of para-hydroxylation sites is 1. The molecule has 0 aromatic heterocycles. The maximum absolute atomic E-state index is 12.2. The molecule has 2 aromatic rings. The van der Waals surface area contributed by atoms with Gasteiger partial charge in [0.1, 0.15) is 0 Å². The van der Waals surface area contributed by atoms with Gasteiger partial charge in [-0.15, -0.1) is 11.8 Å². The number of halogens is 1. The molecule has 25 heavy (non-hydrogen) atoms. The van der Waals surface area contributed by atoms with E-state index < -0.39 is 16.1 Å². The van der Waals surface area contributed by atoms with Crippen LogP contribution in [0.4, 0.5) is 17.1 Å². The number of carbonyl (C=O) groups is 2. The number of nitro benzene ring substituents is 1. The van der Waals surface area contributed by atoms with Gasteiger partial charge in [0.25, 0.3) is 5.69 Å². The molecule has 0 radical (unpaired) electrons. The molecule has 0 saturated heterocycles. The molecule has 2 amide bonds. The van der Waals surface area contributed by atoms with Crippen LogP contribution in [-0.2, 0) is 9.59 Å². The normalized spacial score (nSPS) is 15.9. The van der Waals surface area contributed by atoms with Gasteiger partial charge in [0.2, 0.25) is 11.8 Å². The number of non-ortho nitro benzene ring substituents is 1. The van der Waals surface area contributed by atoms with E-state index in [0.29, 0.717) is 0 Å². The highest BCUT2D eigenvalue weighted by Gasteiger charge is 2.29. The molecule has 9 heteroatoms. The Balaban J connectivity index is 1.70. The lowest BCUT2D eigenvalue weighted by atomic mass is 10.2. The fourth-order valence-electron chi connectivity index (χ4n) is 2.32. The van der Waals surface area contributed by atoms with Crippen LogP contribution in [0.25, 0.3) is 0 Å². The van der Waals surface area contributed by atoms with Gasteiger partial charge in [-0.05, 0) is 18.2 Å². The number of nitrogens with one attached hydrogen (secondary N) is 2. The summed E-state index contributed by atoms with van der Waals surface area (Å²) in [6, 6.07) is 11.1. The van der Waals surface area contributed by atoms with E-state index in [1.165, 1.54) is 30.0 Å². The molecule has 2 aromatic carbocycles. The average molecular weight is 378 g/mol. The molecular formula is C16H12ClN3O4S. The number of fused-ring (bicyclic) bond motifs is 1. The Labute approximate surface area is 151 Å². The Hall–Kier alpha value is -2.58. The summed E-state index contributed by atoms with van der Waals surface area (Å²) in [5, 5.41) is 15.7. The first kappa shape index (κ1) is 17.2. The van der Waals surface area contributed by atoms with Gasteiger partial charge in [0, 0.05) is 23.4 Å². The molecule has 1 aliphatic heterocycles. The number of carbonyl (C=O) groups excluding carboxylic acids is 2. The van der Waals surface area contributed by atoms with Crippen molar-refractivity contribution in [1.82, 2.24) is 0 Å². The van der Waals surface area contributed by atoms with Gasteiger partial charge in [0.05, 0.1) is 26.6 Å². The van der Waals surface area contributed by atoms with E-state index in [2.05, 4.69) is 10.6 Å². The second kappa shape index (κ2) is 7.12. The Bertz CT molecular complexity index is 874. The highest BCUT2D eigenvalue weighted by atomic mass is 35.5. The molecule has 1 unspecified atom stereocenters. The zero-order valence-corrected chi connectivity index (χ0v) is 14.3. The van der Waals surface area contributed by atoms with E-state index >= 15 is 0 Å². The molecular weight excluding hydrogens is 366 g/mol. The summed E-state index contributed by atoms with van der Waals surface area (Å²) in [7, 11) is 0. The second-order valence-corrected chi connectivity index (χ2v) is 6.92. The van der Waals surface area contributed by atoms with Crippen molar-refractivity contribution in [2.24, 2.45) is 0 Å². The minimum atomic E-state index is -0.590. The number of amides is 2. The van der Waals surface area contributed by atoms with Crippen molar-refractivity contribution in [2.75, 3.05) is 10.6 Å². The molecule has 128 valence electrons. The van der Waals surface area contributed by atoms with E-state index in [4.69, 9.17) is 11.6 Å². The summed E-state index contributed by atoms with van der Waals surface area (Å²) in [6.07, 6.45) is -0.0795. The van der Waals surface area contributed by atoms with Gasteiger partial charge < -0.3 is 10.6 Å². The molecule has 1 aliphatic rings. The number of anilines is 2. The summed E-state index contributed by atoms with van der Waals surface area (Å²) in [5.74, 6) is -0.710. The van der Waals surface area contributed by atoms with Crippen LogP contribution in [0.15, 0.2) is 47.4 Å². The van der Waals surface area contributed by atoms with Gasteiger partial charge in [0.15, 0.2) is 0 Å². The lowest BCUT2D eigenvalue weighted by molar-refractivity contribution is -0.384.